The van der Waals surface area contributed by atoms with Gasteiger partial charge in [0.05, 0.1) is 0 Å². The minimum Gasteiger partial charge on any atom is -0.393 e. The van der Waals surface area contributed by atoms with E-state index in [0.717, 1.165) is 19.5 Å². The number of nitrogen functional groups attached to an aromatic ring is 1. The molecule has 6 heteroatoms. The normalized spacial score (nSPS) is 11.2. The molecule has 1 rings (SSSR count). The molecule has 0 atom stereocenters. The van der Waals surface area contributed by atoms with Crippen LogP contribution in [0.2, 0.25) is 0 Å². The summed E-state index contributed by atoms with van der Waals surface area (Å²) in [5, 5.41) is 0. The van der Waals surface area contributed by atoms with Crippen LogP contribution in [-0.2, 0) is 13.1 Å². The molecule has 1 aromatic rings. The standard InChI is InChI=1S/C13H24N4O2/c1-4-7-16-10-11(14)12(18)17(13(16)19)9-8-15(5-2)6-3/h10H,4-9,14H2,1-3H3. The fraction of sp³-hybridized carbons (Fsp3) is 0.692. The Morgan fingerprint density at radius 2 is 1.79 bits per heavy atom. The number of rotatable bonds is 7. The van der Waals surface area contributed by atoms with Crippen LogP contribution in [0.5, 0.6) is 0 Å². The van der Waals surface area contributed by atoms with Gasteiger partial charge in [0.1, 0.15) is 5.69 Å². The van der Waals surface area contributed by atoms with E-state index in [2.05, 4.69) is 18.7 Å². The van der Waals surface area contributed by atoms with Crippen LogP contribution in [-0.4, -0.2) is 33.7 Å². The maximum Gasteiger partial charge on any atom is 0.331 e. The highest BCUT2D eigenvalue weighted by Crippen LogP contribution is 1.93. The summed E-state index contributed by atoms with van der Waals surface area (Å²) in [6, 6.07) is 0. The highest BCUT2D eigenvalue weighted by atomic mass is 16.2. The second-order valence-electron chi connectivity index (χ2n) is 4.54. The minimum absolute atomic E-state index is 0.132. The lowest BCUT2D eigenvalue weighted by Crippen LogP contribution is -2.43. The highest BCUT2D eigenvalue weighted by molar-refractivity contribution is 5.30. The summed E-state index contributed by atoms with van der Waals surface area (Å²) in [5.41, 5.74) is 5.16. The van der Waals surface area contributed by atoms with Crippen molar-refractivity contribution < 1.29 is 0 Å². The average molecular weight is 268 g/mol. The molecular weight excluding hydrogens is 244 g/mol. The van der Waals surface area contributed by atoms with Crippen molar-refractivity contribution in [2.45, 2.75) is 40.3 Å². The minimum atomic E-state index is -0.385. The van der Waals surface area contributed by atoms with Gasteiger partial charge in [0, 0.05) is 25.8 Å². The molecule has 1 heterocycles. The third kappa shape index (κ3) is 3.70. The first-order valence-electron chi connectivity index (χ1n) is 6.87. The number of anilines is 1. The summed E-state index contributed by atoms with van der Waals surface area (Å²) in [6.45, 7) is 9.53. The Morgan fingerprint density at radius 3 is 2.32 bits per heavy atom. The lowest BCUT2D eigenvalue weighted by molar-refractivity contribution is 0.285. The Morgan fingerprint density at radius 1 is 1.16 bits per heavy atom. The number of aromatic nitrogens is 2. The third-order valence-corrected chi connectivity index (χ3v) is 3.26. The summed E-state index contributed by atoms with van der Waals surface area (Å²) < 4.78 is 2.75. The zero-order chi connectivity index (χ0) is 14.4. The first-order chi connectivity index (χ1) is 9.04. The fourth-order valence-electron chi connectivity index (χ4n) is 2.06. The number of aryl methyl sites for hydroxylation is 1. The number of nitrogens with zero attached hydrogens (tertiary/aromatic N) is 3. The third-order valence-electron chi connectivity index (χ3n) is 3.26. The van der Waals surface area contributed by atoms with Gasteiger partial charge in [-0.05, 0) is 19.5 Å². The van der Waals surface area contributed by atoms with Crippen molar-refractivity contribution in [3.63, 3.8) is 0 Å². The molecule has 0 aliphatic carbocycles. The molecule has 0 aliphatic rings. The van der Waals surface area contributed by atoms with Crippen molar-refractivity contribution >= 4 is 5.69 Å². The van der Waals surface area contributed by atoms with Gasteiger partial charge in [0.15, 0.2) is 0 Å². The molecule has 6 nitrogen and oxygen atoms in total. The van der Waals surface area contributed by atoms with Crippen LogP contribution in [0.4, 0.5) is 5.69 Å². The average Bonchev–Trinajstić information content (AvgIpc) is 2.40. The zero-order valence-corrected chi connectivity index (χ0v) is 12.1. The number of likely N-dealkylation sites (N-methyl/N-ethyl adjacent to an activating group) is 1. The molecule has 0 saturated heterocycles. The van der Waals surface area contributed by atoms with Crippen molar-refractivity contribution in [2.24, 2.45) is 0 Å². The molecule has 108 valence electrons. The summed E-state index contributed by atoms with van der Waals surface area (Å²) in [5.74, 6) is 0. The van der Waals surface area contributed by atoms with Crippen molar-refractivity contribution in [3.05, 3.63) is 27.0 Å². The molecule has 0 unspecified atom stereocenters. The first-order valence-corrected chi connectivity index (χ1v) is 6.87. The van der Waals surface area contributed by atoms with Crippen LogP contribution in [0, 0.1) is 0 Å². The van der Waals surface area contributed by atoms with E-state index in [9.17, 15) is 9.59 Å². The van der Waals surface area contributed by atoms with Gasteiger partial charge < -0.3 is 10.6 Å². The van der Waals surface area contributed by atoms with Gasteiger partial charge in [-0.25, -0.2) is 4.79 Å². The van der Waals surface area contributed by atoms with Crippen molar-refractivity contribution in [2.75, 3.05) is 25.4 Å². The van der Waals surface area contributed by atoms with Crippen molar-refractivity contribution in [1.29, 1.82) is 0 Å². The van der Waals surface area contributed by atoms with E-state index >= 15 is 0 Å². The van der Waals surface area contributed by atoms with Gasteiger partial charge in [-0.2, -0.15) is 0 Å². The Hall–Kier alpha value is -1.56. The number of nitrogens with two attached hydrogens (primary N) is 1. The summed E-state index contributed by atoms with van der Waals surface area (Å²) >= 11 is 0. The molecule has 2 N–H and O–H groups in total. The van der Waals surface area contributed by atoms with Crippen LogP contribution in [0.3, 0.4) is 0 Å². The van der Waals surface area contributed by atoms with Crippen LogP contribution in [0.1, 0.15) is 27.2 Å². The van der Waals surface area contributed by atoms with Crippen molar-refractivity contribution in [1.82, 2.24) is 14.0 Å². The number of hydrogen-bond donors (Lipinski definition) is 1. The molecule has 1 aromatic heterocycles. The molecule has 0 bridgehead atoms. The van der Waals surface area contributed by atoms with E-state index in [1.165, 1.54) is 15.3 Å². The lowest BCUT2D eigenvalue weighted by Gasteiger charge is -2.18. The predicted octanol–water partition coefficient (Wildman–Crippen LogP) is 0.344. The molecule has 19 heavy (non-hydrogen) atoms. The Labute approximate surface area is 113 Å². The van der Waals surface area contributed by atoms with E-state index in [1.807, 2.05) is 6.92 Å². The van der Waals surface area contributed by atoms with Crippen LogP contribution in [0.25, 0.3) is 0 Å². The monoisotopic (exact) mass is 268 g/mol. The van der Waals surface area contributed by atoms with E-state index < -0.39 is 0 Å². The Balaban J connectivity index is 3.05. The second-order valence-corrected chi connectivity index (χ2v) is 4.54. The van der Waals surface area contributed by atoms with E-state index in [0.29, 0.717) is 19.6 Å². The quantitative estimate of drug-likeness (QED) is 0.774. The predicted molar refractivity (Wildman–Crippen MR) is 77.5 cm³/mol. The second kappa shape index (κ2) is 7.13. The molecule has 0 aromatic carbocycles. The summed E-state index contributed by atoms with van der Waals surface area (Å²) in [6.07, 6.45) is 2.27. The van der Waals surface area contributed by atoms with Crippen LogP contribution >= 0.6 is 0 Å². The van der Waals surface area contributed by atoms with Crippen molar-refractivity contribution in [3.8, 4) is 0 Å². The Bertz CT molecular complexity index is 514. The highest BCUT2D eigenvalue weighted by Gasteiger charge is 2.10. The SMILES string of the molecule is CCCn1cc(N)c(=O)n(CCN(CC)CC)c1=O. The summed E-state index contributed by atoms with van der Waals surface area (Å²) in [7, 11) is 0. The van der Waals surface area contributed by atoms with Crippen LogP contribution < -0.4 is 17.0 Å². The van der Waals surface area contributed by atoms with Gasteiger partial charge in [0.25, 0.3) is 5.56 Å². The molecule has 0 saturated carbocycles. The topological polar surface area (TPSA) is 73.3 Å². The molecule has 0 fully saturated rings. The van der Waals surface area contributed by atoms with E-state index in [-0.39, 0.29) is 16.9 Å². The zero-order valence-electron chi connectivity index (χ0n) is 12.1. The molecule has 0 radical (unpaired) electrons. The lowest BCUT2D eigenvalue weighted by atomic mass is 10.4. The van der Waals surface area contributed by atoms with E-state index in [1.54, 1.807) is 0 Å². The molecule has 0 aliphatic heterocycles. The fourth-order valence-corrected chi connectivity index (χ4v) is 2.06. The largest absolute Gasteiger partial charge is 0.393 e. The van der Waals surface area contributed by atoms with Crippen LogP contribution in [0.15, 0.2) is 15.8 Å². The van der Waals surface area contributed by atoms with Gasteiger partial charge >= 0.3 is 5.69 Å². The number of hydrogen-bond acceptors (Lipinski definition) is 4. The smallest absolute Gasteiger partial charge is 0.331 e. The molecular formula is C13H24N4O2. The van der Waals surface area contributed by atoms with Gasteiger partial charge in [-0.1, -0.05) is 20.8 Å². The Kier molecular flexibility index (Phi) is 5.82. The van der Waals surface area contributed by atoms with Gasteiger partial charge in [0.2, 0.25) is 0 Å². The van der Waals surface area contributed by atoms with E-state index in [4.69, 9.17) is 5.73 Å². The molecule has 0 amide bonds. The first kappa shape index (κ1) is 15.5. The summed E-state index contributed by atoms with van der Waals surface area (Å²) in [4.78, 5) is 26.3. The maximum absolute atomic E-state index is 12.2. The molecule has 0 spiro atoms. The maximum atomic E-state index is 12.2. The van der Waals surface area contributed by atoms with Gasteiger partial charge in [-0.3, -0.25) is 13.9 Å². The van der Waals surface area contributed by atoms with Gasteiger partial charge in [-0.15, -0.1) is 0 Å².